The lowest BCUT2D eigenvalue weighted by Gasteiger charge is -2.24. The maximum atomic E-state index is 14.0. The molecule has 2 aromatic heterocycles. The number of hydrogen-bond acceptors (Lipinski definition) is 6. The van der Waals surface area contributed by atoms with Gasteiger partial charge in [-0.2, -0.15) is 5.10 Å². The van der Waals surface area contributed by atoms with Crippen molar-refractivity contribution in [1.29, 1.82) is 0 Å². The Bertz CT molecular complexity index is 1940. The Morgan fingerprint density at radius 1 is 1.00 bits per heavy atom. The fourth-order valence-electron chi connectivity index (χ4n) is 4.81. The van der Waals surface area contributed by atoms with Gasteiger partial charge in [-0.25, -0.2) is 14.5 Å². The molecular weight excluding hydrogens is 544 g/mol. The molecule has 5 aromatic rings. The number of rotatable bonds is 5. The molecule has 1 aliphatic rings. The number of thiazole rings is 1. The first-order valence-corrected chi connectivity index (χ1v) is 13.7. The molecule has 0 aliphatic carbocycles. The molecule has 1 aliphatic heterocycles. The van der Waals surface area contributed by atoms with Crippen LogP contribution in [0.3, 0.4) is 0 Å². The summed E-state index contributed by atoms with van der Waals surface area (Å²) < 4.78 is 8.95. The second-order valence-electron chi connectivity index (χ2n) is 9.19. The van der Waals surface area contributed by atoms with E-state index < -0.39 is 12.0 Å². The minimum Gasteiger partial charge on any atom is -0.466 e. The number of allylic oxidation sites excluding steroid dienone is 1. The second-order valence-corrected chi connectivity index (χ2v) is 10.6. The molecule has 40 heavy (non-hydrogen) atoms. The summed E-state index contributed by atoms with van der Waals surface area (Å²) in [6.45, 7) is 1.77. The molecule has 7 nitrogen and oxygen atoms in total. The summed E-state index contributed by atoms with van der Waals surface area (Å²) in [4.78, 5) is 32.0. The summed E-state index contributed by atoms with van der Waals surface area (Å²) in [5, 5.41) is 5.50. The number of ether oxygens (including phenoxy) is 1. The molecule has 3 heterocycles. The fourth-order valence-corrected chi connectivity index (χ4v) is 5.97. The van der Waals surface area contributed by atoms with E-state index in [1.54, 1.807) is 11.5 Å². The normalized spacial score (nSPS) is 15.1. The van der Waals surface area contributed by atoms with Crippen LogP contribution in [0.2, 0.25) is 5.02 Å². The summed E-state index contributed by atoms with van der Waals surface area (Å²) in [5.74, 6) is -0.515. The molecule has 0 saturated heterocycles. The van der Waals surface area contributed by atoms with Crippen LogP contribution in [-0.2, 0) is 9.53 Å². The van der Waals surface area contributed by atoms with E-state index in [9.17, 15) is 9.59 Å². The Balaban J connectivity index is 1.56. The van der Waals surface area contributed by atoms with Gasteiger partial charge in [0.15, 0.2) is 4.80 Å². The number of methoxy groups -OCH3 is 1. The Hall–Kier alpha value is -4.53. The van der Waals surface area contributed by atoms with Gasteiger partial charge in [0.05, 0.1) is 46.0 Å². The highest BCUT2D eigenvalue weighted by atomic mass is 35.5. The van der Waals surface area contributed by atoms with Crippen molar-refractivity contribution >= 4 is 35.0 Å². The molecule has 0 fully saturated rings. The third kappa shape index (κ3) is 4.61. The van der Waals surface area contributed by atoms with E-state index in [4.69, 9.17) is 21.4 Å². The van der Waals surface area contributed by atoms with Crippen molar-refractivity contribution in [3.8, 4) is 16.9 Å². The maximum absolute atomic E-state index is 14.0. The molecule has 0 saturated carbocycles. The maximum Gasteiger partial charge on any atom is 0.338 e. The third-order valence-corrected chi connectivity index (χ3v) is 7.93. The van der Waals surface area contributed by atoms with Crippen molar-refractivity contribution in [1.82, 2.24) is 14.3 Å². The fraction of sp³-hybridized carbons (Fsp3) is 0.0968. The number of esters is 1. The predicted molar refractivity (Wildman–Crippen MR) is 156 cm³/mol. The zero-order valence-electron chi connectivity index (χ0n) is 21.6. The van der Waals surface area contributed by atoms with Crippen LogP contribution in [0.25, 0.3) is 23.0 Å². The Kier molecular flexibility index (Phi) is 6.79. The molecule has 0 N–H and O–H groups in total. The van der Waals surface area contributed by atoms with E-state index in [2.05, 4.69) is 4.99 Å². The smallest absolute Gasteiger partial charge is 0.338 e. The molecule has 198 valence electrons. The van der Waals surface area contributed by atoms with Crippen LogP contribution in [0.5, 0.6) is 0 Å². The van der Waals surface area contributed by atoms with Gasteiger partial charge in [0, 0.05) is 10.6 Å². The van der Waals surface area contributed by atoms with Crippen LogP contribution in [0.15, 0.2) is 112 Å². The molecule has 1 unspecified atom stereocenters. The lowest BCUT2D eigenvalue weighted by molar-refractivity contribution is -0.136. The summed E-state index contributed by atoms with van der Waals surface area (Å²) in [6.07, 6.45) is 1.82. The first-order chi connectivity index (χ1) is 19.4. The van der Waals surface area contributed by atoms with E-state index in [1.807, 2.05) is 102 Å². The molecule has 0 bridgehead atoms. The van der Waals surface area contributed by atoms with E-state index in [0.29, 0.717) is 25.6 Å². The Labute approximate surface area is 238 Å². The standard InChI is InChI=1S/C31H23ClN4O3S/c1-19-27(30(38)39-2)28(21-9-5-3-6-10-21)35-29(37)26(40-31(35)33-19)18-24-17-25(20-13-15-22(32)16-14-20)34-36(24)23-11-7-4-8-12-23/h3-18,28H,1-2H3. The first kappa shape index (κ1) is 25.7. The highest BCUT2D eigenvalue weighted by Crippen LogP contribution is 2.30. The number of fused-ring (bicyclic) bond motifs is 1. The number of hydrogen-bond donors (Lipinski definition) is 0. The summed E-state index contributed by atoms with van der Waals surface area (Å²) in [5.41, 5.74) is 4.63. The van der Waals surface area contributed by atoms with Gasteiger partial charge in [-0.05, 0) is 48.9 Å². The van der Waals surface area contributed by atoms with Crippen LogP contribution in [0.4, 0.5) is 0 Å². The lowest BCUT2D eigenvalue weighted by Crippen LogP contribution is -2.39. The number of carbonyl (C=O) groups is 1. The second kappa shape index (κ2) is 10.6. The minimum absolute atomic E-state index is 0.250. The molecule has 0 radical (unpaired) electrons. The molecular formula is C31H23ClN4O3S. The largest absolute Gasteiger partial charge is 0.466 e. The van der Waals surface area contributed by atoms with Crippen LogP contribution in [0.1, 0.15) is 24.2 Å². The summed E-state index contributed by atoms with van der Waals surface area (Å²) in [6, 6.07) is 27.9. The van der Waals surface area contributed by atoms with Crippen molar-refractivity contribution in [2.24, 2.45) is 4.99 Å². The van der Waals surface area contributed by atoms with E-state index >= 15 is 0 Å². The summed E-state index contributed by atoms with van der Waals surface area (Å²) in [7, 11) is 1.33. The molecule has 0 amide bonds. The quantitative estimate of drug-likeness (QED) is 0.283. The van der Waals surface area contributed by atoms with Crippen LogP contribution >= 0.6 is 22.9 Å². The van der Waals surface area contributed by atoms with E-state index in [0.717, 1.165) is 28.2 Å². The predicted octanol–water partition coefficient (Wildman–Crippen LogP) is 4.91. The van der Waals surface area contributed by atoms with Crippen molar-refractivity contribution in [3.05, 3.63) is 138 Å². The minimum atomic E-state index is -0.657. The third-order valence-electron chi connectivity index (χ3n) is 6.70. The number of para-hydroxylation sites is 1. The first-order valence-electron chi connectivity index (χ1n) is 12.5. The summed E-state index contributed by atoms with van der Waals surface area (Å²) >= 11 is 7.38. The Morgan fingerprint density at radius 2 is 1.68 bits per heavy atom. The molecule has 6 rings (SSSR count). The Morgan fingerprint density at radius 3 is 2.35 bits per heavy atom. The van der Waals surface area contributed by atoms with E-state index in [-0.39, 0.29) is 5.56 Å². The number of aromatic nitrogens is 3. The topological polar surface area (TPSA) is 78.5 Å². The van der Waals surface area contributed by atoms with Crippen LogP contribution in [0, 0.1) is 0 Å². The number of benzene rings is 3. The zero-order chi connectivity index (χ0) is 27.8. The van der Waals surface area contributed by atoms with Crippen LogP contribution < -0.4 is 14.9 Å². The van der Waals surface area contributed by atoms with Gasteiger partial charge in [-0.1, -0.05) is 83.6 Å². The molecule has 0 spiro atoms. The van der Waals surface area contributed by atoms with Gasteiger partial charge < -0.3 is 4.74 Å². The van der Waals surface area contributed by atoms with Crippen molar-refractivity contribution in [3.63, 3.8) is 0 Å². The zero-order valence-corrected chi connectivity index (χ0v) is 23.2. The van der Waals surface area contributed by atoms with Gasteiger partial charge in [0.2, 0.25) is 0 Å². The molecule has 9 heteroatoms. The van der Waals surface area contributed by atoms with Crippen molar-refractivity contribution in [2.45, 2.75) is 13.0 Å². The van der Waals surface area contributed by atoms with Crippen LogP contribution in [-0.4, -0.2) is 27.4 Å². The van der Waals surface area contributed by atoms with Gasteiger partial charge in [-0.15, -0.1) is 0 Å². The highest BCUT2D eigenvalue weighted by Gasteiger charge is 2.33. The number of nitrogens with zero attached hydrogens (tertiary/aromatic N) is 4. The number of halogens is 1. The van der Waals surface area contributed by atoms with Crippen molar-refractivity contribution in [2.75, 3.05) is 7.11 Å². The van der Waals surface area contributed by atoms with Gasteiger partial charge >= 0.3 is 5.97 Å². The SMILES string of the molecule is COC(=O)C1=C(C)N=c2sc(=Cc3cc(-c4ccc(Cl)cc4)nn3-c3ccccc3)c(=O)n2C1c1ccccc1. The lowest BCUT2D eigenvalue weighted by atomic mass is 9.96. The molecule has 1 atom stereocenters. The van der Waals surface area contributed by atoms with Gasteiger partial charge in [0.1, 0.15) is 0 Å². The average Bonchev–Trinajstić information content (AvgIpc) is 3.54. The number of carbonyl (C=O) groups excluding carboxylic acids is 1. The average molecular weight is 567 g/mol. The molecule has 3 aromatic carbocycles. The van der Waals surface area contributed by atoms with E-state index in [1.165, 1.54) is 18.4 Å². The van der Waals surface area contributed by atoms with Gasteiger partial charge in [-0.3, -0.25) is 9.36 Å². The van der Waals surface area contributed by atoms with Gasteiger partial charge in [0.25, 0.3) is 5.56 Å². The monoisotopic (exact) mass is 566 g/mol. The van der Waals surface area contributed by atoms with Crippen molar-refractivity contribution < 1.29 is 9.53 Å². The highest BCUT2D eigenvalue weighted by molar-refractivity contribution is 7.07.